The fraction of sp³-hybridized carbons (Fsp3) is 0.250. The van der Waals surface area contributed by atoms with Crippen molar-refractivity contribution in [1.82, 2.24) is 0 Å². The molecular weight excluding hydrogens is 273 g/mol. The number of hydrogen-bond acceptors (Lipinski definition) is 0. The number of alkyl halides is 2. The molecule has 0 aliphatic carbocycles. The number of rotatable bonds is 2. The molecule has 5 heteroatoms. The lowest BCUT2D eigenvalue weighted by Crippen LogP contribution is -1.92. The Morgan fingerprint density at radius 1 is 0.846 bits per heavy atom. The molecule has 0 radical (unpaired) electrons. The highest BCUT2D eigenvalue weighted by atomic mass is 35.5. The first-order chi connectivity index (χ1) is 6.11. The fourth-order valence-electron chi connectivity index (χ4n) is 0.966. The second-order valence-corrected chi connectivity index (χ2v) is 4.11. The van der Waals surface area contributed by atoms with Gasteiger partial charge >= 0.3 is 0 Å². The third kappa shape index (κ3) is 2.37. The summed E-state index contributed by atoms with van der Waals surface area (Å²) in [5.74, 6) is 0.527. The molecule has 1 aromatic carbocycles. The Morgan fingerprint density at radius 3 is 1.85 bits per heavy atom. The molecule has 0 fully saturated rings. The van der Waals surface area contributed by atoms with Gasteiger partial charge in [0.05, 0.1) is 10.0 Å². The van der Waals surface area contributed by atoms with Crippen molar-refractivity contribution in [3.63, 3.8) is 0 Å². The van der Waals surface area contributed by atoms with Crippen LogP contribution in [0.4, 0.5) is 0 Å². The zero-order valence-corrected chi connectivity index (χ0v) is 10.2. The Hall–Kier alpha value is 0.670. The maximum atomic E-state index is 5.92. The molecule has 0 heterocycles. The lowest BCUT2D eigenvalue weighted by Gasteiger charge is -2.09. The average Bonchev–Trinajstić information content (AvgIpc) is 2.10. The van der Waals surface area contributed by atoms with Crippen molar-refractivity contribution >= 4 is 58.0 Å². The monoisotopic (exact) mass is 276 g/mol. The minimum atomic E-state index is 0.251. The van der Waals surface area contributed by atoms with Gasteiger partial charge in [-0.3, -0.25) is 0 Å². The van der Waals surface area contributed by atoms with Gasteiger partial charge < -0.3 is 0 Å². The highest BCUT2D eigenvalue weighted by Gasteiger charge is 2.13. The van der Waals surface area contributed by atoms with Crippen LogP contribution in [0.15, 0.2) is 6.07 Å². The maximum absolute atomic E-state index is 5.92. The highest BCUT2D eigenvalue weighted by molar-refractivity contribution is 6.44. The predicted molar refractivity (Wildman–Crippen MR) is 60.6 cm³/mol. The van der Waals surface area contributed by atoms with E-state index in [1.54, 1.807) is 6.07 Å². The van der Waals surface area contributed by atoms with Crippen molar-refractivity contribution in [3.05, 3.63) is 32.3 Å². The molecule has 0 N–H and O–H groups in total. The van der Waals surface area contributed by atoms with Crippen molar-refractivity contribution in [3.8, 4) is 0 Å². The molecule has 0 atom stereocenters. The summed E-state index contributed by atoms with van der Waals surface area (Å²) in [6, 6.07) is 1.57. The van der Waals surface area contributed by atoms with E-state index in [1.807, 2.05) is 0 Å². The van der Waals surface area contributed by atoms with Gasteiger partial charge in [-0.1, -0.05) is 34.8 Å². The predicted octanol–water partition coefficient (Wildman–Crippen LogP) is 5.12. The molecule has 1 rings (SSSR count). The van der Waals surface area contributed by atoms with Crippen LogP contribution in [0, 0.1) is 0 Å². The number of halogens is 5. The normalized spacial score (nSPS) is 10.5. The zero-order chi connectivity index (χ0) is 10.0. The van der Waals surface area contributed by atoms with E-state index in [2.05, 4.69) is 0 Å². The number of benzene rings is 1. The number of hydrogen-bond donors (Lipinski definition) is 0. The average molecular weight is 278 g/mol. The van der Waals surface area contributed by atoms with Crippen LogP contribution < -0.4 is 0 Å². The minimum Gasteiger partial charge on any atom is -0.121 e. The van der Waals surface area contributed by atoms with Gasteiger partial charge in [0.25, 0.3) is 0 Å². The Balaban J connectivity index is 3.41. The second kappa shape index (κ2) is 4.95. The molecule has 72 valence electrons. The quantitative estimate of drug-likeness (QED) is 0.520. The lowest BCUT2D eigenvalue weighted by molar-refractivity contribution is 1.27. The maximum Gasteiger partial charge on any atom is 0.0640 e. The van der Waals surface area contributed by atoms with Crippen molar-refractivity contribution in [1.29, 1.82) is 0 Å². The SMILES string of the molecule is ClCc1c(Cl)cc(Cl)c(Cl)c1CCl. The van der Waals surface area contributed by atoms with Crippen LogP contribution in [0.25, 0.3) is 0 Å². The summed E-state index contributed by atoms with van der Waals surface area (Å²) >= 11 is 29.0. The van der Waals surface area contributed by atoms with Crippen LogP contribution in [0.2, 0.25) is 15.1 Å². The molecule has 0 aromatic heterocycles. The van der Waals surface area contributed by atoms with Crippen molar-refractivity contribution in [2.24, 2.45) is 0 Å². The molecule has 13 heavy (non-hydrogen) atoms. The van der Waals surface area contributed by atoms with Crippen LogP contribution in [0.1, 0.15) is 11.1 Å². The standard InChI is InChI=1S/C8H5Cl5/c9-2-4-5(3-10)8(13)7(12)1-6(4)11/h1H,2-3H2. The fourth-order valence-corrected chi connectivity index (χ4v) is 2.51. The summed E-state index contributed by atoms with van der Waals surface area (Å²) < 4.78 is 0. The van der Waals surface area contributed by atoms with E-state index in [9.17, 15) is 0 Å². The molecule has 0 bridgehead atoms. The molecule has 0 unspecified atom stereocenters. The first-order valence-corrected chi connectivity index (χ1v) is 5.59. The van der Waals surface area contributed by atoms with E-state index in [0.29, 0.717) is 20.6 Å². The molecule has 1 aromatic rings. The van der Waals surface area contributed by atoms with Crippen molar-refractivity contribution in [2.45, 2.75) is 11.8 Å². The largest absolute Gasteiger partial charge is 0.121 e. The molecule has 0 spiro atoms. The minimum absolute atomic E-state index is 0.251. The Labute approximate surface area is 102 Å². The van der Waals surface area contributed by atoms with Gasteiger partial charge in [0, 0.05) is 16.8 Å². The van der Waals surface area contributed by atoms with E-state index >= 15 is 0 Å². The van der Waals surface area contributed by atoms with Gasteiger partial charge in [-0.25, -0.2) is 0 Å². The third-order valence-corrected chi connectivity index (χ3v) is 3.35. The van der Waals surface area contributed by atoms with E-state index in [-0.39, 0.29) is 11.8 Å². The van der Waals surface area contributed by atoms with E-state index in [0.717, 1.165) is 5.56 Å². The molecule has 0 nitrogen and oxygen atoms in total. The van der Waals surface area contributed by atoms with Gasteiger partial charge in [-0.2, -0.15) is 0 Å². The van der Waals surface area contributed by atoms with Gasteiger partial charge in [-0.15, -0.1) is 23.2 Å². The summed E-state index contributed by atoms with van der Waals surface area (Å²) in [7, 11) is 0. The molecule has 0 aliphatic heterocycles. The second-order valence-electron chi connectivity index (χ2n) is 2.38. The molecular formula is C8H5Cl5. The highest BCUT2D eigenvalue weighted by Crippen LogP contribution is 2.35. The molecule has 0 saturated heterocycles. The van der Waals surface area contributed by atoms with Gasteiger partial charge in [0.1, 0.15) is 0 Å². The van der Waals surface area contributed by atoms with Gasteiger partial charge in [-0.05, 0) is 17.2 Å². The van der Waals surface area contributed by atoms with Crippen LogP contribution in [-0.4, -0.2) is 0 Å². The third-order valence-electron chi connectivity index (χ3n) is 1.65. The summed E-state index contributed by atoms with van der Waals surface area (Å²) in [4.78, 5) is 0. The molecule has 0 amide bonds. The Morgan fingerprint density at radius 2 is 1.38 bits per heavy atom. The summed E-state index contributed by atoms with van der Waals surface area (Å²) in [5, 5.41) is 1.33. The van der Waals surface area contributed by atoms with Crippen LogP contribution in [-0.2, 0) is 11.8 Å². The first kappa shape index (κ1) is 11.7. The summed E-state index contributed by atoms with van der Waals surface area (Å²) in [6.07, 6.45) is 0. The summed E-state index contributed by atoms with van der Waals surface area (Å²) in [5.41, 5.74) is 1.45. The smallest absolute Gasteiger partial charge is 0.0640 e. The Kier molecular flexibility index (Phi) is 4.47. The lowest BCUT2D eigenvalue weighted by atomic mass is 10.1. The summed E-state index contributed by atoms with van der Waals surface area (Å²) in [6.45, 7) is 0. The van der Waals surface area contributed by atoms with E-state index < -0.39 is 0 Å². The van der Waals surface area contributed by atoms with E-state index in [1.165, 1.54) is 0 Å². The van der Waals surface area contributed by atoms with Gasteiger partial charge in [0.15, 0.2) is 0 Å². The van der Waals surface area contributed by atoms with Crippen LogP contribution in [0.3, 0.4) is 0 Å². The molecule has 0 saturated carbocycles. The van der Waals surface area contributed by atoms with E-state index in [4.69, 9.17) is 58.0 Å². The first-order valence-electron chi connectivity index (χ1n) is 3.39. The zero-order valence-electron chi connectivity index (χ0n) is 6.38. The van der Waals surface area contributed by atoms with Crippen LogP contribution >= 0.6 is 58.0 Å². The molecule has 0 aliphatic rings. The van der Waals surface area contributed by atoms with Gasteiger partial charge in [0.2, 0.25) is 0 Å². The van der Waals surface area contributed by atoms with Crippen LogP contribution in [0.5, 0.6) is 0 Å². The van der Waals surface area contributed by atoms with Crippen molar-refractivity contribution in [2.75, 3.05) is 0 Å². The Bertz CT molecular complexity index is 321. The van der Waals surface area contributed by atoms with Crippen molar-refractivity contribution < 1.29 is 0 Å². The topological polar surface area (TPSA) is 0 Å².